The molecule has 0 spiro atoms. The van der Waals surface area contributed by atoms with Gasteiger partial charge in [-0.25, -0.2) is 0 Å². The van der Waals surface area contributed by atoms with E-state index < -0.39 is 0 Å². The molecule has 3 rings (SSSR count). The summed E-state index contributed by atoms with van der Waals surface area (Å²) in [6, 6.07) is 10.9. The van der Waals surface area contributed by atoms with Crippen molar-refractivity contribution in [3.8, 4) is 0 Å². The van der Waals surface area contributed by atoms with Gasteiger partial charge in [0.15, 0.2) is 0 Å². The van der Waals surface area contributed by atoms with Crippen molar-refractivity contribution in [2.24, 2.45) is 5.92 Å². The van der Waals surface area contributed by atoms with E-state index in [4.69, 9.17) is 4.74 Å². The van der Waals surface area contributed by atoms with Crippen molar-refractivity contribution in [2.75, 3.05) is 19.8 Å². The van der Waals surface area contributed by atoms with Crippen molar-refractivity contribution in [1.82, 2.24) is 10.3 Å². The minimum Gasteiger partial charge on any atom is -0.381 e. The summed E-state index contributed by atoms with van der Waals surface area (Å²) in [6.45, 7) is 4.84. The Bertz CT molecular complexity index is 544. The predicted molar refractivity (Wildman–Crippen MR) is 77.1 cm³/mol. The van der Waals surface area contributed by atoms with E-state index >= 15 is 0 Å². The first-order valence-corrected chi connectivity index (χ1v) is 7.05. The number of nitrogens with one attached hydrogen (secondary N) is 1. The van der Waals surface area contributed by atoms with Gasteiger partial charge in [0.1, 0.15) is 0 Å². The van der Waals surface area contributed by atoms with Crippen LogP contribution in [0.3, 0.4) is 0 Å². The Balaban J connectivity index is 2.03. The molecule has 19 heavy (non-hydrogen) atoms. The first-order valence-electron chi connectivity index (χ1n) is 7.05. The normalized spacial score (nSPS) is 20.8. The fourth-order valence-corrected chi connectivity index (χ4v) is 2.94. The van der Waals surface area contributed by atoms with E-state index in [1.165, 1.54) is 10.9 Å². The molecule has 2 unspecified atom stereocenters. The summed E-state index contributed by atoms with van der Waals surface area (Å²) in [7, 11) is 0. The lowest BCUT2D eigenvalue weighted by atomic mass is 9.90. The maximum absolute atomic E-state index is 5.56. The van der Waals surface area contributed by atoms with Crippen LogP contribution in [0.5, 0.6) is 0 Å². The largest absolute Gasteiger partial charge is 0.381 e. The number of hydrogen-bond donors (Lipinski definition) is 1. The van der Waals surface area contributed by atoms with Crippen LogP contribution in [-0.4, -0.2) is 24.7 Å². The molecular weight excluding hydrogens is 236 g/mol. The van der Waals surface area contributed by atoms with Crippen LogP contribution in [0.15, 0.2) is 36.5 Å². The highest BCUT2D eigenvalue weighted by Crippen LogP contribution is 2.32. The Hall–Kier alpha value is -1.45. The van der Waals surface area contributed by atoms with Crippen LogP contribution < -0.4 is 5.32 Å². The molecule has 100 valence electrons. The molecule has 3 heteroatoms. The highest BCUT2D eigenvalue weighted by Gasteiger charge is 2.27. The SMILES string of the molecule is CCNC(c1cccc2cccnc12)C1CCOC1. The Morgan fingerprint density at radius 3 is 3.05 bits per heavy atom. The summed E-state index contributed by atoms with van der Waals surface area (Å²) < 4.78 is 5.56. The number of pyridine rings is 1. The topological polar surface area (TPSA) is 34.2 Å². The Morgan fingerprint density at radius 2 is 2.26 bits per heavy atom. The van der Waals surface area contributed by atoms with Crippen LogP contribution in [0, 0.1) is 5.92 Å². The molecule has 0 saturated carbocycles. The fraction of sp³-hybridized carbons (Fsp3) is 0.438. The average molecular weight is 256 g/mol. The second-order valence-corrected chi connectivity index (χ2v) is 5.08. The standard InChI is InChI=1S/C16H20N2O/c1-2-17-16(13-8-10-19-11-13)14-7-3-5-12-6-4-9-18-15(12)14/h3-7,9,13,16-17H,2,8,10-11H2,1H3. The first kappa shape index (κ1) is 12.6. The third-order valence-corrected chi connectivity index (χ3v) is 3.86. The molecule has 0 bridgehead atoms. The number of para-hydroxylation sites is 1. The molecule has 2 aromatic rings. The zero-order valence-corrected chi connectivity index (χ0v) is 11.3. The predicted octanol–water partition coefficient (Wildman–Crippen LogP) is 2.92. The zero-order chi connectivity index (χ0) is 13.1. The van der Waals surface area contributed by atoms with Crippen LogP contribution >= 0.6 is 0 Å². The second-order valence-electron chi connectivity index (χ2n) is 5.08. The maximum atomic E-state index is 5.56. The Morgan fingerprint density at radius 1 is 1.37 bits per heavy atom. The smallest absolute Gasteiger partial charge is 0.0749 e. The van der Waals surface area contributed by atoms with Gasteiger partial charge in [-0.05, 0) is 24.6 Å². The van der Waals surface area contributed by atoms with Gasteiger partial charge in [-0.1, -0.05) is 31.2 Å². The average Bonchev–Trinajstić information content (AvgIpc) is 2.98. The van der Waals surface area contributed by atoms with Crippen molar-refractivity contribution in [3.63, 3.8) is 0 Å². The van der Waals surface area contributed by atoms with Crippen LogP contribution in [0.4, 0.5) is 0 Å². The number of rotatable bonds is 4. The van der Waals surface area contributed by atoms with Gasteiger partial charge >= 0.3 is 0 Å². The molecule has 0 aliphatic carbocycles. The van der Waals surface area contributed by atoms with E-state index in [9.17, 15) is 0 Å². The molecule has 2 heterocycles. The summed E-state index contributed by atoms with van der Waals surface area (Å²) in [4.78, 5) is 4.57. The molecule has 0 radical (unpaired) electrons. The van der Waals surface area contributed by atoms with Crippen LogP contribution in [-0.2, 0) is 4.74 Å². The Kier molecular flexibility index (Phi) is 3.76. The minimum atomic E-state index is 0.339. The number of hydrogen-bond acceptors (Lipinski definition) is 3. The fourth-order valence-electron chi connectivity index (χ4n) is 2.94. The second kappa shape index (κ2) is 5.68. The van der Waals surface area contributed by atoms with Crippen molar-refractivity contribution < 1.29 is 4.74 Å². The molecule has 1 fully saturated rings. The third-order valence-electron chi connectivity index (χ3n) is 3.86. The van der Waals surface area contributed by atoms with Gasteiger partial charge in [0.05, 0.1) is 12.1 Å². The van der Waals surface area contributed by atoms with Gasteiger partial charge < -0.3 is 10.1 Å². The van der Waals surface area contributed by atoms with E-state index in [0.29, 0.717) is 12.0 Å². The number of nitrogens with zero attached hydrogens (tertiary/aromatic N) is 1. The first-order chi connectivity index (χ1) is 9.40. The van der Waals surface area contributed by atoms with Crippen LogP contribution in [0.2, 0.25) is 0 Å². The number of benzene rings is 1. The molecule has 1 aliphatic heterocycles. The molecule has 1 N–H and O–H groups in total. The van der Waals surface area contributed by atoms with Gasteiger partial charge in [-0.2, -0.15) is 0 Å². The molecular formula is C16H20N2O. The lowest BCUT2D eigenvalue weighted by Gasteiger charge is -2.24. The highest BCUT2D eigenvalue weighted by molar-refractivity contribution is 5.82. The molecule has 0 amide bonds. The van der Waals surface area contributed by atoms with Gasteiger partial charge in [-0.15, -0.1) is 0 Å². The molecule has 1 aromatic carbocycles. The zero-order valence-electron chi connectivity index (χ0n) is 11.3. The summed E-state index contributed by atoms with van der Waals surface area (Å²) in [6.07, 6.45) is 3.00. The van der Waals surface area contributed by atoms with Crippen molar-refractivity contribution in [2.45, 2.75) is 19.4 Å². The van der Waals surface area contributed by atoms with E-state index in [1.54, 1.807) is 0 Å². The van der Waals surface area contributed by atoms with E-state index in [1.807, 2.05) is 12.3 Å². The lowest BCUT2D eigenvalue weighted by molar-refractivity contribution is 0.177. The summed E-state index contributed by atoms with van der Waals surface area (Å²) in [5.41, 5.74) is 2.42. The van der Waals surface area contributed by atoms with Crippen molar-refractivity contribution >= 4 is 10.9 Å². The summed E-state index contributed by atoms with van der Waals surface area (Å²) >= 11 is 0. The van der Waals surface area contributed by atoms with Gasteiger partial charge in [0, 0.05) is 30.1 Å². The van der Waals surface area contributed by atoms with Gasteiger partial charge in [0.2, 0.25) is 0 Å². The van der Waals surface area contributed by atoms with Gasteiger partial charge in [0.25, 0.3) is 0 Å². The van der Waals surface area contributed by atoms with Gasteiger partial charge in [-0.3, -0.25) is 4.98 Å². The minimum absolute atomic E-state index is 0.339. The lowest BCUT2D eigenvalue weighted by Crippen LogP contribution is -2.28. The molecule has 1 aromatic heterocycles. The number of ether oxygens (including phenoxy) is 1. The summed E-state index contributed by atoms with van der Waals surface area (Å²) in [5.74, 6) is 0.549. The maximum Gasteiger partial charge on any atom is 0.0749 e. The van der Waals surface area contributed by atoms with Crippen molar-refractivity contribution in [1.29, 1.82) is 0 Å². The van der Waals surface area contributed by atoms with E-state index in [-0.39, 0.29) is 0 Å². The van der Waals surface area contributed by atoms with E-state index in [2.05, 4.69) is 41.5 Å². The third kappa shape index (κ3) is 2.48. The Labute approximate surface area is 114 Å². The van der Waals surface area contributed by atoms with E-state index in [0.717, 1.165) is 31.7 Å². The molecule has 1 aliphatic rings. The molecule has 3 nitrogen and oxygen atoms in total. The monoisotopic (exact) mass is 256 g/mol. The van der Waals surface area contributed by atoms with Crippen molar-refractivity contribution in [3.05, 3.63) is 42.1 Å². The van der Waals surface area contributed by atoms with Crippen LogP contribution in [0.25, 0.3) is 10.9 Å². The molecule has 2 atom stereocenters. The molecule has 1 saturated heterocycles. The number of fused-ring (bicyclic) bond motifs is 1. The number of aromatic nitrogens is 1. The highest BCUT2D eigenvalue weighted by atomic mass is 16.5. The quantitative estimate of drug-likeness (QED) is 0.913. The summed E-state index contributed by atoms with van der Waals surface area (Å²) in [5, 5.41) is 4.82. The van der Waals surface area contributed by atoms with Crippen LogP contribution in [0.1, 0.15) is 24.9 Å².